The zero-order valence-electron chi connectivity index (χ0n) is 14.9. The maximum absolute atomic E-state index is 12.2. The summed E-state index contributed by atoms with van der Waals surface area (Å²) in [7, 11) is 0. The van der Waals surface area contributed by atoms with E-state index in [1.54, 1.807) is 12.1 Å². The molecular formula is C22H22O5. The summed E-state index contributed by atoms with van der Waals surface area (Å²) in [4.78, 5) is 23.6. The highest BCUT2D eigenvalue weighted by molar-refractivity contribution is 5.88. The van der Waals surface area contributed by atoms with Gasteiger partial charge in [0.2, 0.25) is 0 Å². The van der Waals surface area contributed by atoms with Gasteiger partial charge in [-0.15, -0.1) is 0 Å². The first-order valence-corrected chi connectivity index (χ1v) is 9.21. The summed E-state index contributed by atoms with van der Waals surface area (Å²) < 4.78 is 5.65. The Morgan fingerprint density at radius 3 is 2.70 bits per heavy atom. The fraction of sp³-hybridized carbons (Fsp3) is 0.364. The monoisotopic (exact) mass is 366 g/mol. The van der Waals surface area contributed by atoms with E-state index in [2.05, 4.69) is 0 Å². The van der Waals surface area contributed by atoms with Gasteiger partial charge in [-0.05, 0) is 41.7 Å². The van der Waals surface area contributed by atoms with Crippen LogP contribution in [0.1, 0.15) is 46.3 Å². The first-order chi connectivity index (χ1) is 13.0. The summed E-state index contributed by atoms with van der Waals surface area (Å²) in [6.45, 7) is 0.138. The molecule has 1 aliphatic carbocycles. The van der Waals surface area contributed by atoms with Crippen LogP contribution in [0.3, 0.4) is 0 Å². The Hall–Kier alpha value is -2.50. The molecule has 27 heavy (non-hydrogen) atoms. The number of ketones is 1. The van der Waals surface area contributed by atoms with Gasteiger partial charge in [-0.2, -0.15) is 0 Å². The predicted molar refractivity (Wildman–Crippen MR) is 98.4 cm³/mol. The maximum atomic E-state index is 12.2. The Balaban J connectivity index is 1.88. The molecule has 140 valence electrons. The molecule has 2 N–H and O–H groups in total. The Morgan fingerprint density at radius 1 is 1.19 bits per heavy atom. The lowest BCUT2D eigenvalue weighted by molar-refractivity contribution is -0.165. The molecule has 2 aromatic carbocycles. The number of hydrogen-bond acceptors (Lipinski definition) is 4. The summed E-state index contributed by atoms with van der Waals surface area (Å²) >= 11 is 0. The minimum atomic E-state index is -1.06. The second-order valence-electron chi connectivity index (χ2n) is 7.55. The van der Waals surface area contributed by atoms with Crippen molar-refractivity contribution in [1.82, 2.24) is 0 Å². The van der Waals surface area contributed by atoms with E-state index in [-0.39, 0.29) is 30.3 Å². The van der Waals surface area contributed by atoms with Crippen LogP contribution in [0.2, 0.25) is 0 Å². The molecule has 5 heteroatoms. The lowest BCUT2D eigenvalue weighted by Crippen LogP contribution is -2.47. The quantitative estimate of drug-likeness (QED) is 0.872. The molecule has 1 saturated carbocycles. The molecule has 2 aliphatic rings. The average Bonchev–Trinajstić information content (AvgIpc) is 2.78. The third-order valence-corrected chi connectivity index (χ3v) is 6.01. The molecule has 0 radical (unpaired) electrons. The number of rotatable bonds is 3. The van der Waals surface area contributed by atoms with Crippen molar-refractivity contribution >= 4 is 11.8 Å². The minimum Gasteiger partial charge on any atom is -0.478 e. The Kier molecular flexibility index (Phi) is 4.58. The number of aromatic carboxylic acids is 1. The van der Waals surface area contributed by atoms with Gasteiger partial charge in [-0.3, -0.25) is 4.79 Å². The lowest BCUT2D eigenvalue weighted by Gasteiger charge is -2.45. The zero-order valence-corrected chi connectivity index (χ0v) is 14.9. The molecule has 3 atom stereocenters. The molecule has 1 fully saturated rings. The molecule has 0 amide bonds. The molecule has 5 nitrogen and oxygen atoms in total. The number of Topliss-reactive ketones (excluding diaryl/α,β-unsaturated/α-hetero) is 1. The fourth-order valence-electron chi connectivity index (χ4n) is 4.70. The number of carbonyl (C=O) groups excluding carboxylic acids is 1. The number of carboxylic acid groups (broad SMARTS) is 1. The largest absolute Gasteiger partial charge is 0.478 e. The minimum absolute atomic E-state index is 0.136. The van der Waals surface area contributed by atoms with E-state index in [1.807, 2.05) is 36.4 Å². The fourth-order valence-corrected chi connectivity index (χ4v) is 4.70. The van der Waals surface area contributed by atoms with E-state index in [1.165, 1.54) is 0 Å². The zero-order chi connectivity index (χ0) is 19.0. The number of benzene rings is 2. The van der Waals surface area contributed by atoms with Crippen LogP contribution in [0.15, 0.2) is 48.5 Å². The highest BCUT2D eigenvalue weighted by atomic mass is 16.6. The van der Waals surface area contributed by atoms with Crippen LogP contribution >= 0.6 is 0 Å². The van der Waals surface area contributed by atoms with E-state index >= 15 is 0 Å². The molecule has 0 saturated heterocycles. The smallest absolute Gasteiger partial charge is 0.335 e. The van der Waals surface area contributed by atoms with Crippen LogP contribution in [0.25, 0.3) is 0 Å². The van der Waals surface area contributed by atoms with Crippen LogP contribution < -0.4 is 0 Å². The number of aliphatic hydroxyl groups is 1. The summed E-state index contributed by atoms with van der Waals surface area (Å²) in [6.07, 6.45) is 0.958. The Bertz CT molecular complexity index is 876. The van der Waals surface area contributed by atoms with Crippen molar-refractivity contribution in [2.24, 2.45) is 5.92 Å². The van der Waals surface area contributed by atoms with Gasteiger partial charge < -0.3 is 14.9 Å². The average molecular weight is 366 g/mol. The topological polar surface area (TPSA) is 83.8 Å². The molecule has 1 unspecified atom stereocenters. The number of aliphatic hydroxyl groups excluding tert-OH is 1. The van der Waals surface area contributed by atoms with Gasteiger partial charge in [0, 0.05) is 24.2 Å². The number of carboxylic acids is 1. The third kappa shape index (κ3) is 3.17. The second kappa shape index (κ2) is 6.91. The Labute approximate surface area is 157 Å². The van der Waals surface area contributed by atoms with Gasteiger partial charge >= 0.3 is 5.97 Å². The van der Waals surface area contributed by atoms with E-state index in [0.29, 0.717) is 19.3 Å². The van der Waals surface area contributed by atoms with Gasteiger partial charge in [-0.25, -0.2) is 4.79 Å². The molecule has 0 spiro atoms. The van der Waals surface area contributed by atoms with E-state index < -0.39 is 17.7 Å². The first-order valence-electron chi connectivity index (χ1n) is 9.21. The normalized spacial score (nSPS) is 27.4. The Morgan fingerprint density at radius 2 is 1.96 bits per heavy atom. The number of fused-ring (bicyclic) bond motifs is 3. The highest BCUT2D eigenvalue weighted by Gasteiger charge is 2.50. The van der Waals surface area contributed by atoms with Gasteiger partial charge in [-0.1, -0.05) is 36.4 Å². The molecule has 1 heterocycles. The first kappa shape index (κ1) is 17.9. The summed E-state index contributed by atoms with van der Waals surface area (Å²) in [5, 5.41) is 20.0. The van der Waals surface area contributed by atoms with Crippen molar-refractivity contribution in [2.75, 3.05) is 0 Å². The lowest BCUT2D eigenvalue weighted by atomic mass is 9.59. The van der Waals surface area contributed by atoms with Gasteiger partial charge in [0.15, 0.2) is 6.29 Å². The number of carbonyl (C=O) groups is 2. The maximum Gasteiger partial charge on any atom is 0.335 e. The number of hydrogen-bond donors (Lipinski definition) is 2. The molecule has 0 aromatic heterocycles. The van der Waals surface area contributed by atoms with Crippen molar-refractivity contribution in [2.45, 2.75) is 44.0 Å². The van der Waals surface area contributed by atoms with E-state index in [0.717, 1.165) is 16.7 Å². The molecule has 0 bridgehead atoms. The van der Waals surface area contributed by atoms with Gasteiger partial charge in [0.25, 0.3) is 0 Å². The number of ether oxygens (including phenoxy) is 1. The summed E-state index contributed by atoms with van der Waals surface area (Å²) in [6, 6.07) is 15.1. The van der Waals surface area contributed by atoms with Gasteiger partial charge in [0.1, 0.15) is 5.78 Å². The van der Waals surface area contributed by atoms with Crippen LogP contribution in [0.4, 0.5) is 0 Å². The van der Waals surface area contributed by atoms with Crippen LogP contribution in [0.5, 0.6) is 0 Å². The van der Waals surface area contributed by atoms with Crippen LogP contribution in [-0.2, 0) is 28.0 Å². The van der Waals surface area contributed by atoms with Crippen LogP contribution in [-0.4, -0.2) is 28.3 Å². The summed E-state index contributed by atoms with van der Waals surface area (Å²) in [5.74, 6) is -1.21. The van der Waals surface area contributed by atoms with Gasteiger partial charge in [0.05, 0.1) is 12.2 Å². The van der Waals surface area contributed by atoms with Crippen molar-refractivity contribution in [3.63, 3.8) is 0 Å². The van der Waals surface area contributed by atoms with Crippen molar-refractivity contribution in [3.8, 4) is 0 Å². The predicted octanol–water partition coefficient (Wildman–Crippen LogP) is 3.08. The molecular weight excluding hydrogens is 344 g/mol. The van der Waals surface area contributed by atoms with E-state index in [9.17, 15) is 19.8 Å². The highest BCUT2D eigenvalue weighted by Crippen LogP contribution is 2.50. The van der Waals surface area contributed by atoms with Crippen LogP contribution in [0, 0.1) is 5.92 Å². The molecule has 2 aromatic rings. The SMILES string of the molecule is O=C1CC[C@@]2(Cc3ccccc3)c3ccc(C(=O)O)cc3COC(O)[C@H]2C1. The summed E-state index contributed by atoms with van der Waals surface area (Å²) in [5.41, 5.74) is 2.63. The molecule has 4 rings (SSSR count). The molecule has 1 aliphatic heterocycles. The third-order valence-electron chi connectivity index (χ3n) is 6.01. The van der Waals surface area contributed by atoms with Crippen molar-refractivity contribution in [3.05, 3.63) is 70.8 Å². The second-order valence-corrected chi connectivity index (χ2v) is 7.55. The van der Waals surface area contributed by atoms with Crippen molar-refractivity contribution in [1.29, 1.82) is 0 Å². The van der Waals surface area contributed by atoms with Crippen molar-refractivity contribution < 1.29 is 24.5 Å². The van der Waals surface area contributed by atoms with E-state index in [4.69, 9.17) is 4.74 Å². The standard InChI is InChI=1S/C22H22O5/c23-17-8-9-22(12-14-4-2-1-3-5-14)18-7-6-15(20(24)25)10-16(18)13-27-21(26)19(22)11-17/h1-7,10,19,21,26H,8-9,11-13H2,(H,24,25)/t19-,21?,22-/m1/s1.